The van der Waals surface area contributed by atoms with Gasteiger partial charge in [0.1, 0.15) is 0 Å². The summed E-state index contributed by atoms with van der Waals surface area (Å²) >= 11 is 0. The number of nitrogens with one attached hydrogen (secondary N) is 1. The molecular weight excluding hydrogens is 180 g/mol. The van der Waals surface area contributed by atoms with Crippen LogP contribution in [0.15, 0.2) is 0 Å². The molecule has 2 amide bonds. The first kappa shape index (κ1) is 11.3. The van der Waals surface area contributed by atoms with Gasteiger partial charge in [-0.3, -0.25) is 0 Å². The molecule has 4 heteroatoms. The molecule has 4 nitrogen and oxygen atoms in total. The van der Waals surface area contributed by atoms with Gasteiger partial charge in [0.2, 0.25) is 0 Å². The first-order valence-electron chi connectivity index (χ1n) is 5.37. The maximum atomic E-state index is 11.6. The monoisotopic (exact) mass is 200 g/mol. The van der Waals surface area contributed by atoms with E-state index in [-0.39, 0.29) is 12.6 Å². The van der Waals surface area contributed by atoms with E-state index in [1.165, 1.54) is 6.42 Å². The summed E-state index contributed by atoms with van der Waals surface area (Å²) < 4.78 is 0. The van der Waals surface area contributed by atoms with Crippen molar-refractivity contribution < 1.29 is 9.90 Å². The van der Waals surface area contributed by atoms with Crippen LogP contribution in [0.5, 0.6) is 0 Å². The fraction of sp³-hybridized carbons (Fsp3) is 0.900. The Morgan fingerprint density at radius 1 is 1.64 bits per heavy atom. The summed E-state index contributed by atoms with van der Waals surface area (Å²) in [5.74, 6) is 0.618. The molecular formula is C10H20N2O2. The van der Waals surface area contributed by atoms with Crippen molar-refractivity contribution in [3.8, 4) is 0 Å². The highest BCUT2D eigenvalue weighted by atomic mass is 16.3. The van der Waals surface area contributed by atoms with Crippen molar-refractivity contribution in [2.75, 3.05) is 26.2 Å². The summed E-state index contributed by atoms with van der Waals surface area (Å²) in [6.45, 7) is 4.62. The van der Waals surface area contributed by atoms with Crippen LogP contribution in [0.25, 0.3) is 0 Å². The maximum absolute atomic E-state index is 11.6. The Hall–Kier alpha value is -0.770. The summed E-state index contributed by atoms with van der Waals surface area (Å²) in [6.07, 6.45) is 2.96. The smallest absolute Gasteiger partial charge is 0.317 e. The average molecular weight is 200 g/mol. The highest BCUT2D eigenvalue weighted by Gasteiger charge is 2.19. The molecule has 0 radical (unpaired) electrons. The molecule has 1 unspecified atom stereocenters. The zero-order valence-electron chi connectivity index (χ0n) is 8.83. The molecule has 1 aliphatic heterocycles. The molecule has 1 heterocycles. The van der Waals surface area contributed by atoms with E-state index in [0.717, 1.165) is 19.5 Å². The lowest BCUT2D eigenvalue weighted by Gasteiger charge is -2.30. The molecule has 0 bridgehead atoms. The zero-order chi connectivity index (χ0) is 10.4. The van der Waals surface area contributed by atoms with Crippen molar-refractivity contribution in [3.05, 3.63) is 0 Å². The summed E-state index contributed by atoms with van der Waals surface area (Å²) in [6, 6.07) is 0.0185. The van der Waals surface area contributed by atoms with Gasteiger partial charge in [-0.1, -0.05) is 6.92 Å². The summed E-state index contributed by atoms with van der Waals surface area (Å²) in [7, 11) is 0. The quantitative estimate of drug-likeness (QED) is 0.662. The Kier molecular flexibility index (Phi) is 4.73. The Balaban J connectivity index is 2.22. The van der Waals surface area contributed by atoms with Crippen molar-refractivity contribution in [1.29, 1.82) is 0 Å². The van der Waals surface area contributed by atoms with Crippen LogP contribution < -0.4 is 5.32 Å². The first-order valence-corrected chi connectivity index (χ1v) is 5.37. The first-order chi connectivity index (χ1) is 6.74. The molecule has 1 rings (SSSR count). The predicted molar refractivity (Wildman–Crippen MR) is 55.1 cm³/mol. The number of hydrogen-bond acceptors (Lipinski definition) is 2. The normalized spacial score (nSPS) is 22.1. The third kappa shape index (κ3) is 3.54. The second-order valence-corrected chi connectivity index (χ2v) is 4.00. The lowest BCUT2D eigenvalue weighted by Crippen LogP contribution is -2.45. The largest absolute Gasteiger partial charge is 0.396 e. The fourth-order valence-electron chi connectivity index (χ4n) is 1.76. The molecule has 1 fully saturated rings. The van der Waals surface area contributed by atoms with Crippen molar-refractivity contribution in [1.82, 2.24) is 10.2 Å². The zero-order valence-corrected chi connectivity index (χ0v) is 8.83. The van der Waals surface area contributed by atoms with Gasteiger partial charge in [0.15, 0.2) is 0 Å². The molecule has 14 heavy (non-hydrogen) atoms. The van der Waals surface area contributed by atoms with E-state index < -0.39 is 0 Å². The minimum Gasteiger partial charge on any atom is -0.396 e. The Bertz CT molecular complexity index is 185. The van der Waals surface area contributed by atoms with Gasteiger partial charge in [-0.05, 0) is 25.2 Å². The maximum Gasteiger partial charge on any atom is 0.317 e. The van der Waals surface area contributed by atoms with Crippen LogP contribution in [0.1, 0.15) is 26.2 Å². The highest BCUT2D eigenvalue weighted by Crippen LogP contribution is 2.14. The van der Waals surface area contributed by atoms with Crippen LogP contribution in [-0.4, -0.2) is 42.3 Å². The molecule has 2 N–H and O–H groups in total. The third-order valence-electron chi connectivity index (χ3n) is 2.56. The SMILES string of the molecule is CC1CCCN(C(=O)NCCCO)C1. The van der Waals surface area contributed by atoms with Gasteiger partial charge in [0.25, 0.3) is 0 Å². The number of rotatable bonds is 3. The molecule has 0 aromatic heterocycles. The second kappa shape index (κ2) is 5.86. The van der Waals surface area contributed by atoms with Gasteiger partial charge in [-0.15, -0.1) is 0 Å². The molecule has 1 aliphatic rings. The molecule has 0 spiro atoms. The summed E-state index contributed by atoms with van der Waals surface area (Å²) in [5.41, 5.74) is 0. The van der Waals surface area contributed by atoms with Gasteiger partial charge in [0, 0.05) is 26.2 Å². The van der Waals surface area contributed by atoms with E-state index in [4.69, 9.17) is 5.11 Å². The lowest BCUT2D eigenvalue weighted by atomic mass is 10.0. The van der Waals surface area contributed by atoms with E-state index in [9.17, 15) is 4.79 Å². The Labute approximate surface area is 85.3 Å². The minimum atomic E-state index is 0.0185. The van der Waals surface area contributed by atoms with Crippen molar-refractivity contribution in [3.63, 3.8) is 0 Å². The average Bonchev–Trinajstić information content (AvgIpc) is 2.18. The van der Waals surface area contributed by atoms with Crippen LogP contribution in [-0.2, 0) is 0 Å². The number of aliphatic hydroxyl groups is 1. The molecule has 0 saturated carbocycles. The number of aliphatic hydroxyl groups excluding tert-OH is 1. The number of nitrogens with zero attached hydrogens (tertiary/aromatic N) is 1. The number of amides is 2. The van der Waals surface area contributed by atoms with E-state index in [1.54, 1.807) is 0 Å². The number of urea groups is 1. The molecule has 1 atom stereocenters. The fourth-order valence-corrected chi connectivity index (χ4v) is 1.76. The number of piperidine rings is 1. The third-order valence-corrected chi connectivity index (χ3v) is 2.56. The topological polar surface area (TPSA) is 52.6 Å². The van der Waals surface area contributed by atoms with Crippen LogP contribution >= 0.6 is 0 Å². The van der Waals surface area contributed by atoms with Gasteiger partial charge in [-0.25, -0.2) is 4.79 Å². The van der Waals surface area contributed by atoms with Gasteiger partial charge < -0.3 is 15.3 Å². The number of likely N-dealkylation sites (tertiary alicyclic amines) is 1. The molecule has 0 aliphatic carbocycles. The number of carbonyl (C=O) groups is 1. The summed E-state index contributed by atoms with van der Waals surface area (Å²) in [4.78, 5) is 13.4. The highest BCUT2D eigenvalue weighted by molar-refractivity contribution is 5.74. The standard InChI is InChI=1S/C10H20N2O2/c1-9-4-2-6-12(8-9)10(14)11-5-3-7-13/h9,13H,2-8H2,1H3,(H,11,14). The van der Waals surface area contributed by atoms with Crippen LogP contribution in [0, 0.1) is 5.92 Å². The van der Waals surface area contributed by atoms with Crippen LogP contribution in [0.3, 0.4) is 0 Å². The number of carbonyl (C=O) groups excluding carboxylic acids is 1. The van der Waals surface area contributed by atoms with Gasteiger partial charge >= 0.3 is 6.03 Å². The van der Waals surface area contributed by atoms with E-state index >= 15 is 0 Å². The van der Waals surface area contributed by atoms with Crippen molar-refractivity contribution >= 4 is 6.03 Å². The van der Waals surface area contributed by atoms with Crippen LogP contribution in [0.4, 0.5) is 4.79 Å². The molecule has 82 valence electrons. The van der Waals surface area contributed by atoms with Crippen molar-refractivity contribution in [2.45, 2.75) is 26.2 Å². The summed E-state index contributed by atoms with van der Waals surface area (Å²) in [5, 5.41) is 11.4. The van der Waals surface area contributed by atoms with Crippen LogP contribution in [0.2, 0.25) is 0 Å². The lowest BCUT2D eigenvalue weighted by molar-refractivity contribution is 0.169. The van der Waals surface area contributed by atoms with E-state index in [2.05, 4.69) is 12.2 Å². The van der Waals surface area contributed by atoms with E-state index in [1.807, 2.05) is 4.90 Å². The Morgan fingerprint density at radius 3 is 3.07 bits per heavy atom. The number of hydrogen-bond donors (Lipinski definition) is 2. The van der Waals surface area contributed by atoms with Crippen molar-refractivity contribution in [2.24, 2.45) is 5.92 Å². The molecule has 1 saturated heterocycles. The van der Waals surface area contributed by atoms with Gasteiger partial charge in [0.05, 0.1) is 0 Å². The van der Waals surface area contributed by atoms with E-state index in [0.29, 0.717) is 18.9 Å². The Morgan fingerprint density at radius 2 is 2.43 bits per heavy atom. The molecule has 0 aromatic carbocycles. The molecule has 0 aromatic rings. The van der Waals surface area contributed by atoms with Gasteiger partial charge in [-0.2, -0.15) is 0 Å². The predicted octanol–water partition coefficient (Wildman–Crippen LogP) is 0.810. The second-order valence-electron chi connectivity index (χ2n) is 4.00. The minimum absolute atomic E-state index is 0.0185.